The van der Waals surface area contributed by atoms with E-state index >= 15 is 0 Å². The van der Waals surface area contributed by atoms with Crippen LogP contribution in [0.5, 0.6) is 0 Å². The van der Waals surface area contributed by atoms with Crippen molar-refractivity contribution in [2.45, 2.75) is 29.6 Å². The zero-order valence-corrected chi connectivity index (χ0v) is 7.49. The number of allylic oxidation sites excluding steroid dienone is 1. The van der Waals surface area contributed by atoms with Crippen LogP contribution in [0.15, 0.2) is 12.2 Å². The lowest BCUT2D eigenvalue weighted by molar-refractivity contribution is -0.333. The molecule has 1 saturated carbocycles. The van der Waals surface area contributed by atoms with E-state index in [4.69, 9.17) is 0 Å². The molecule has 0 spiro atoms. The minimum absolute atomic E-state index is 1.71. The highest BCUT2D eigenvalue weighted by Gasteiger charge is 2.95. The maximum Gasteiger partial charge on any atom is 0.433 e. The van der Waals surface area contributed by atoms with Crippen molar-refractivity contribution in [3.05, 3.63) is 12.2 Å². The summed E-state index contributed by atoms with van der Waals surface area (Å²) in [6, 6.07) is 0. The second kappa shape index (κ2) is 2.89. The maximum atomic E-state index is 13.0. The molecule has 1 unspecified atom stereocenters. The summed E-state index contributed by atoms with van der Waals surface area (Å²) in [7, 11) is 0. The molecule has 1 aliphatic rings. The highest BCUT2D eigenvalue weighted by molar-refractivity contribution is 5.41. The van der Waals surface area contributed by atoms with Crippen LogP contribution in [0.2, 0.25) is 0 Å². The zero-order valence-electron chi connectivity index (χ0n) is 7.49. The van der Waals surface area contributed by atoms with E-state index in [0.717, 1.165) is 0 Å². The summed E-state index contributed by atoms with van der Waals surface area (Å²) in [6.45, 7) is 1.71. The van der Waals surface area contributed by atoms with Crippen LogP contribution < -0.4 is 0 Å². The molecular formula is C7H2F10. The largest absolute Gasteiger partial charge is 0.433 e. The van der Waals surface area contributed by atoms with E-state index in [1.165, 1.54) is 0 Å². The van der Waals surface area contributed by atoms with E-state index < -0.39 is 35.2 Å². The SMILES string of the molecule is C=C1C(F)(F)C(F)(F)C(F)(F)C1(F)C(F)(F)F. The predicted octanol–water partition coefficient (Wildman–Crippen LogP) is 3.73. The van der Waals surface area contributed by atoms with Crippen LogP contribution >= 0.6 is 0 Å². The van der Waals surface area contributed by atoms with Crippen molar-refractivity contribution < 1.29 is 43.9 Å². The minimum atomic E-state index is -6.64. The van der Waals surface area contributed by atoms with Crippen molar-refractivity contribution in [3.8, 4) is 0 Å². The monoisotopic (exact) mass is 276 g/mol. The standard InChI is InChI=1S/C7H2F10/c1-2-3(8,7(15,16)17)5(11,12)6(13,14)4(2,9)10/h1H2. The van der Waals surface area contributed by atoms with E-state index in [2.05, 4.69) is 0 Å². The van der Waals surface area contributed by atoms with Crippen LogP contribution in [0, 0.1) is 0 Å². The van der Waals surface area contributed by atoms with Crippen molar-refractivity contribution in [2.75, 3.05) is 0 Å². The third kappa shape index (κ3) is 1.16. The number of hydrogen-bond acceptors (Lipinski definition) is 0. The number of alkyl halides is 10. The normalized spacial score (nSPS) is 35.1. The molecule has 0 nitrogen and oxygen atoms in total. The Balaban J connectivity index is 3.63. The highest BCUT2D eigenvalue weighted by atomic mass is 19.4. The molecule has 1 fully saturated rings. The second-order valence-electron chi connectivity index (χ2n) is 3.36. The molecule has 0 amide bonds. The van der Waals surface area contributed by atoms with Gasteiger partial charge in [0.05, 0.1) is 5.57 Å². The van der Waals surface area contributed by atoms with Gasteiger partial charge in [0.25, 0.3) is 0 Å². The first-order chi connectivity index (χ1) is 7.15. The van der Waals surface area contributed by atoms with Crippen molar-refractivity contribution in [3.63, 3.8) is 0 Å². The third-order valence-electron chi connectivity index (χ3n) is 2.41. The number of rotatable bonds is 0. The van der Waals surface area contributed by atoms with Gasteiger partial charge in [-0.1, -0.05) is 6.58 Å². The van der Waals surface area contributed by atoms with Gasteiger partial charge < -0.3 is 0 Å². The van der Waals surface area contributed by atoms with E-state index in [1.54, 1.807) is 6.58 Å². The molecule has 0 aromatic heterocycles. The first-order valence-electron chi connectivity index (χ1n) is 3.74. The average Bonchev–Trinajstić information content (AvgIpc) is 2.17. The van der Waals surface area contributed by atoms with Gasteiger partial charge in [-0.3, -0.25) is 0 Å². The fraction of sp³-hybridized carbons (Fsp3) is 0.714. The minimum Gasteiger partial charge on any atom is -0.222 e. The van der Waals surface area contributed by atoms with Crippen LogP contribution in [0.1, 0.15) is 0 Å². The van der Waals surface area contributed by atoms with Crippen LogP contribution in [-0.4, -0.2) is 29.6 Å². The van der Waals surface area contributed by atoms with Crippen molar-refractivity contribution >= 4 is 0 Å². The number of halogens is 10. The van der Waals surface area contributed by atoms with E-state index in [-0.39, 0.29) is 0 Å². The summed E-state index contributed by atoms with van der Waals surface area (Å²) in [5.74, 6) is -19.2. The second-order valence-corrected chi connectivity index (χ2v) is 3.36. The molecule has 0 heterocycles. The molecule has 0 saturated heterocycles. The molecule has 0 aliphatic heterocycles. The molecule has 17 heavy (non-hydrogen) atoms. The Labute approximate surface area is 86.9 Å². The Bertz CT molecular complexity index is 363. The number of hydrogen-bond donors (Lipinski definition) is 0. The lowest BCUT2D eigenvalue weighted by atomic mass is 9.96. The van der Waals surface area contributed by atoms with Gasteiger partial charge in [0.1, 0.15) is 0 Å². The fourth-order valence-corrected chi connectivity index (χ4v) is 1.36. The van der Waals surface area contributed by atoms with Crippen LogP contribution in [-0.2, 0) is 0 Å². The van der Waals surface area contributed by atoms with Gasteiger partial charge in [-0.25, -0.2) is 4.39 Å². The zero-order chi connectivity index (χ0) is 14.1. The molecule has 100 valence electrons. The topological polar surface area (TPSA) is 0 Å². The quantitative estimate of drug-likeness (QED) is 0.467. The summed E-state index contributed by atoms with van der Waals surface area (Å²) < 4.78 is 124. The average molecular weight is 276 g/mol. The van der Waals surface area contributed by atoms with Gasteiger partial charge >= 0.3 is 29.6 Å². The first-order valence-corrected chi connectivity index (χ1v) is 3.74. The van der Waals surface area contributed by atoms with Gasteiger partial charge in [0.2, 0.25) is 0 Å². The molecule has 1 rings (SSSR count). The first kappa shape index (κ1) is 14.1. The van der Waals surface area contributed by atoms with E-state index in [9.17, 15) is 43.9 Å². The fourth-order valence-electron chi connectivity index (χ4n) is 1.36. The lowest BCUT2D eigenvalue weighted by Crippen LogP contribution is -2.58. The smallest absolute Gasteiger partial charge is 0.222 e. The van der Waals surface area contributed by atoms with Crippen molar-refractivity contribution in [2.24, 2.45) is 0 Å². The third-order valence-corrected chi connectivity index (χ3v) is 2.41. The summed E-state index contributed by atoms with van der Waals surface area (Å²) >= 11 is 0. The summed E-state index contributed by atoms with van der Waals surface area (Å²) in [4.78, 5) is 0. The van der Waals surface area contributed by atoms with E-state index in [0.29, 0.717) is 0 Å². The summed E-state index contributed by atoms with van der Waals surface area (Å²) in [5, 5.41) is 0. The van der Waals surface area contributed by atoms with Crippen LogP contribution in [0.3, 0.4) is 0 Å². The van der Waals surface area contributed by atoms with Gasteiger partial charge in [-0.15, -0.1) is 0 Å². The summed E-state index contributed by atoms with van der Waals surface area (Å²) in [6.07, 6.45) is -6.64. The molecule has 1 aliphatic carbocycles. The Kier molecular flexibility index (Phi) is 2.40. The molecule has 0 N–H and O–H groups in total. The molecular weight excluding hydrogens is 274 g/mol. The van der Waals surface area contributed by atoms with Gasteiger partial charge in [-0.2, -0.15) is 39.5 Å². The van der Waals surface area contributed by atoms with E-state index in [1.807, 2.05) is 0 Å². The van der Waals surface area contributed by atoms with Crippen LogP contribution in [0.25, 0.3) is 0 Å². The predicted molar refractivity (Wildman–Crippen MR) is 33.9 cm³/mol. The maximum absolute atomic E-state index is 13.0. The van der Waals surface area contributed by atoms with Crippen molar-refractivity contribution in [1.29, 1.82) is 0 Å². The Morgan fingerprint density at radius 3 is 1.24 bits per heavy atom. The highest BCUT2D eigenvalue weighted by Crippen LogP contribution is 2.68. The summed E-state index contributed by atoms with van der Waals surface area (Å²) in [5.41, 5.74) is -9.38. The van der Waals surface area contributed by atoms with Gasteiger partial charge in [0, 0.05) is 0 Å². The van der Waals surface area contributed by atoms with Crippen LogP contribution in [0.4, 0.5) is 43.9 Å². The van der Waals surface area contributed by atoms with Crippen molar-refractivity contribution in [1.82, 2.24) is 0 Å². The lowest BCUT2D eigenvalue weighted by Gasteiger charge is -2.30. The van der Waals surface area contributed by atoms with Gasteiger partial charge in [-0.05, 0) is 0 Å². The molecule has 1 atom stereocenters. The molecule has 0 radical (unpaired) electrons. The Hall–Kier alpha value is -0.960. The van der Waals surface area contributed by atoms with Gasteiger partial charge in [0.15, 0.2) is 0 Å². The Morgan fingerprint density at radius 1 is 0.765 bits per heavy atom. The molecule has 10 heteroatoms. The molecule has 0 bridgehead atoms. The molecule has 0 aromatic rings. The molecule has 0 aromatic carbocycles. The Morgan fingerprint density at radius 2 is 1.12 bits per heavy atom.